The van der Waals surface area contributed by atoms with Crippen LogP contribution < -0.4 is 14.8 Å². The number of nitrogens with one attached hydrogen (secondary N) is 2. The third-order valence-corrected chi connectivity index (χ3v) is 5.20. The molecule has 0 atom stereocenters. The first-order valence-electron chi connectivity index (χ1n) is 8.67. The van der Waals surface area contributed by atoms with Gasteiger partial charge in [-0.25, -0.2) is 13.1 Å². The molecule has 0 heterocycles. The van der Waals surface area contributed by atoms with E-state index < -0.39 is 10.0 Å². The van der Waals surface area contributed by atoms with Gasteiger partial charge in [-0.05, 0) is 55.3 Å². The summed E-state index contributed by atoms with van der Waals surface area (Å²) in [6, 6.07) is 13.2. The lowest BCUT2D eigenvalue weighted by atomic mass is 10.1. The van der Waals surface area contributed by atoms with E-state index in [1.165, 1.54) is 12.1 Å². The zero-order chi connectivity index (χ0) is 19.7. The molecule has 3 N–H and O–H groups in total. The van der Waals surface area contributed by atoms with Crippen molar-refractivity contribution in [3.8, 4) is 5.75 Å². The lowest BCUT2D eigenvalue weighted by Crippen LogP contribution is -2.27. The SMILES string of the molecule is CCOc1ccc(S(=O)(=O)NCCC(=O)Nc2ccc(CCO)cc2)cc1. The average molecular weight is 392 g/mol. The average Bonchev–Trinajstić information content (AvgIpc) is 2.64. The van der Waals surface area contributed by atoms with Gasteiger partial charge in [0.15, 0.2) is 0 Å². The summed E-state index contributed by atoms with van der Waals surface area (Å²) in [5.74, 6) is 0.306. The van der Waals surface area contributed by atoms with Gasteiger partial charge in [0, 0.05) is 25.3 Å². The van der Waals surface area contributed by atoms with E-state index >= 15 is 0 Å². The summed E-state index contributed by atoms with van der Waals surface area (Å²) in [6.07, 6.45) is 0.566. The quantitative estimate of drug-likeness (QED) is 0.573. The van der Waals surface area contributed by atoms with Gasteiger partial charge in [-0.2, -0.15) is 0 Å². The van der Waals surface area contributed by atoms with E-state index in [2.05, 4.69) is 10.0 Å². The van der Waals surface area contributed by atoms with Crippen LogP contribution in [0.15, 0.2) is 53.4 Å². The molecule has 0 saturated carbocycles. The van der Waals surface area contributed by atoms with Crippen molar-refractivity contribution < 1.29 is 23.1 Å². The number of carbonyl (C=O) groups is 1. The Balaban J connectivity index is 1.82. The smallest absolute Gasteiger partial charge is 0.240 e. The number of carbonyl (C=O) groups excluding carboxylic acids is 1. The number of benzene rings is 2. The summed E-state index contributed by atoms with van der Waals surface area (Å²) >= 11 is 0. The molecule has 0 aromatic heterocycles. The molecular weight excluding hydrogens is 368 g/mol. The molecule has 0 bridgehead atoms. The maximum absolute atomic E-state index is 12.2. The van der Waals surface area contributed by atoms with Gasteiger partial charge in [0.25, 0.3) is 0 Å². The maximum Gasteiger partial charge on any atom is 0.240 e. The molecule has 2 rings (SSSR count). The van der Waals surface area contributed by atoms with Crippen molar-refractivity contribution in [1.29, 1.82) is 0 Å². The number of aliphatic hydroxyl groups is 1. The van der Waals surface area contributed by atoms with Crippen molar-refractivity contribution in [3.63, 3.8) is 0 Å². The van der Waals surface area contributed by atoms with Crippen LogP contribution in [0, 0.1) is 0 Å². The highest BCUT2D eigenvalue weighted by Gasteiger charge is 2.14. The Morgan fingerprint density at radius 3 is 2.33 bits per heavy atom. The van der Waals surface area contributed by atoms with E-state index in [4.69, 9.17) is 9.84 Å². The normalized spacial score (nSPS) is 11.2. The summed E-state index contributed by atoms with van der Waals surface area (Å²) < 4.78 is 32.2. The number of ether oxygens (including phenoxy) is 1. The van der Waals surface area contributed by atoms with Gasteiger partial charge in [-0.3, -0.25) is 4.79 Å². The van der Waals surface area contributed by atoms with Crippen LogP contribution in [0.5, 0.6) is 5.75 Å². The molecule has 146 valence electrons. The second-order valence-electron chi connectivity index (χ2n) is 5.77. The Morgan fingerprint density at radius 2 is 1.74 bits per heavy atom. The highest BCUT2D eigenvalue weighted by Crippen LogP contribution is 2.16. The minimum atomic E-state index is -3.68. The van der Waals surface area contributed by atoms with Gasteiger partial charge in [0.05, 0.1) is 11.5 Å². The van der Waals surface area contributed by atoms with Gasteiger partial charge in [0.1, 0.15) is 5.75 Å². The van der Waals surface area contributed by atoms with Gasteiger partial charge in [-0.1, -0.05) is 12.1 Å². The van der Waals surface area contributed by atoms with Crippen LogP contribution in [-0.2, 0) is 21.2 Å². The molecule has 2 aromatic carbocycles. The number of aliphatic hydroxyl groups excluding tert-OH is 1. The minimum absolute atomic E-state index is 0.00858. The minimum Gasteiger partial charge on any atom is -0.494 e. The summed E-state index contributed by atoms with van der Waals surface area (Å²) in [4.78, 5) is 12.1. The molecule has 27 heavy (non-hydrogen) atoms. The van der Waals surface area contributed by atoms with E-state index in [1.807, 2.05) is 19.1 Å². The van der Waals surface area contributed by atoms with Crippen LogP contribution in [0.1, 0.15) is 18.9 Å². The topological polar surface area (TPSA) is 105 Å². The number of amides is 1. The van der Waals surface area contributed by atoms with E-state index in [0.29, 0.717) is 24.5 Å². The standard InChI is InChI=1S/C19H24N2O5S/c1-2-26-17-7-9-18(10-8-17)27(24,25)20-13-11-19(23)21-16-5-3-15(4-6-16)12-14-22/h3-10,20,22H,2,11-14H2,1H3,(H,21,23). The molecule has 0 aliphatic heterocycles. The number of anilines is 1. The van der Waals surface area contributed by atoms with Crippen molar-refractivity contribution in [2.75, 3.05) is 25.1 Å². The summed E-state index contributed by atoms with van der Waals surface area (Å²) in [5, 5.41) is 11.6. The monoisotopic (exact) mass is 392 g/mol. The van der Waals surface area contributed by atoms with E-state index in [-0.39, 0.29) is 30.4 Å². The molecule has 0 spiro atoms. The summed E-state index contributed by atoms with van der Waals surface area (Å²) in [5.41, 5.74) is 1.59. The molecule has 0 fully saturated rings. The Bertz CT molecular complexity index is 833. The van der Waals surface area contributed by atoms with Crippen molar-refractivity contribution in [2.24, 2.45) is 0 Å². The molecule has 8 heteroatoms. The summed E-state index contributed by atoms with van der Waals surface area (Å²) in [7, 11) is -3.68. The van der Waals surface area contributed by atoms with Crippen molar-refractivity contribution in [2.45, 2.75) is 24.7 Å². The highest BCUT2D eigenvalue weighted by atomic mass is 32.2. The van der Waals surface area contributed by atoms with Gasteiger partial charge < -0.3 is 15.2 Å². The largest absolute Gasteiger partial charge is 0.494 e. The van der Waals surface area contributed by atoms with Crippen molar-refractivity contribution in [1.82, 2.24) is 4.72 Å². The zero-order valence-corrected chi connectivity index (χ0v) is 16.0. The molecule has 0 aliphatic carbocycles. The first-order chi connectivity index (χ1) is 12.9. The lowest BCUT2D eigenvalue weighted by Gasteiger charge is -2.09. The molecule has 7 nitrogen and oxygen atoms in total. The van der Waals surface area contributed by atoms with E-state index in [1.54, 1.807) is 24.3 Å². The summed E-state index contributed by atoms with van der Waals surface area (Å²) in [6.45, 7) is 2.41. The second-order valence-corrected chi connectivity index (χ2v) is 7.54. The van der Waals surface area contributed by atoms with Gasteiger partial charge in [0.2, 0.25) is 15.9 Å². The number of sulfonamides is 1. The Kier molecular flexibility index (Phi) is 7.78. The zero-order valence-electron chi connectivity index (χ0n) is 15.1. The van der Waals surface area contributed by atoms with Crippen LogP contribution in [0.25, 0.3) is 0 Å². The maximum atomic E-state index is 12.2. The second kappa shape index (κ2) is 10.1. The highest BCUT2D eigenvalue weighted by molar-refractivity contribution is 7.89. The fourth-order valence-corrected chi connectivity index (χ4v) is 3.40. The molecule has 0 radical (unpaired) electrons. The van der Waals surface area contributed by atoms with Gasteiger partial charge >= 0.3 is 0 Å². The van der Waals surface area contributed by atoms with Crippen LogP contribution >= 0.6 is 0 Å². The Labute approximate surface area is 159 Å². The van der Waals surface area contributed by atoms with Crippen molar-refractivity contribution >= 4 is 21.6 Å². The molecule has 2 aromatic rings. The Morgan fingerprint density at radius 1 is 1.07 bits per heavy atom. The predicted molar refractivity (Wildman–Crippen MR) is 103 cm³/mol. The van der Waals surface area contributed by atoms with Crippen LogP contribution in [-0.4, -0.2) is 39.2 Å². The first-order valence-corrected chi connectivity index (χ1v) is 10.1. The fourth-order valence-electron chi connectivity index (χ4n) is 2.37. The molecule has 0 unspecified atom stereocenters. The van der Waals surface area contributed by atoms with Crippen LogP contribution in [0.3, 0.4) is 0 Å². The fraction of sp³-hybridized carbons (Fsp3) is 0.316. The molecule has 0 aliphatic rings. The van der Waals surface area contributed by atoms with E-state index in [9.17, 15) is 13.2 Å². The number of hydrogen-bond donors (Lipinski definition) is 3. The third kappa shape index (κ3) is 6.67. The van der Waals surface area contributed by atoms with Crippen LogP contribution in [0.4, 0.5) is 5.69 Å². The third-order valence-electron chi connectivity index (χ3n) is 3.73. The lowest BCUT2D eigenvalue weighted by molar-refractivity contribution is -0.116. The number of rotatable bonds is 10. The van der Waals surface area contributed by atoms with Gasteiger partial charge in [-0.15, -0.1) is 0 Å². The van der Waals surface area contributed by atoms with Crippen LogP contribution in [0.2, 0.25) is 0 Å². The van der Waals surface area contributed by atoms with E-state index in [0.717, 1.165) is 5.56 Å². The molecular formula is C19H24N2O5S. The first kappa shape index (κ1) is 20.9. The Hall–Kier alpha value is -2.42. The predicted octanol–water partition coefficient (Wildman–Crippen LogP) is 1.93. The molecule has 0 saturated heterocycles. The number of hydrogen-bond acceptors (Lipinski definition) is 5. The molecule has 1 amide bonds. The van der Waals surface area contributed by atoms with Crippen molar-refractivity contribution in [3.05, 3.63) is 54.1 Å².